The normalized spacial score (nSPS) is 20.0. The van der Waals surface area contributed by atoms with Gasteiger partial charge in [-0.2, -0.15) is 0 Å². The fourth-order valence-corrected chi connectivity index (χ4v) is 2.81. The summed E-state index contributed by atoms with van der Waals surface area (Å²) in [5.74, 6) is -0.437. The fourth-order valence-electron chi connectivity index (χ4n) is 2.40. The van der Waals surface area contributed by atoms with Gasteiger partial charge in [0.05, 0.1) is 0 Å². The Kier molecular flexibility index (Phi) is 5.01. The van der Waals surface area contributed by atoms with Gasteiger partial charge in [0.15, 0.2) is 9.84 Å². The van der Waals surface area contributed by atoms with E-state index in [1.165, 1.54) is 20.3 Å². The number of carbonyl (C=O) groups excluding carboxylic acids is 1. The highest BCUT2D eigenvalue weighted by atomic mass is 32.2. The molecule has 0 saturated heterocycles. The molecule has 1 amide bonds. The summed E-state index contributed by atoms with van der Waals surface area (Å²) in [6.45, 7) is 3.88. The maximum absolute atomic E-state index is 12.1. The Hall–Kier alpha value is -0.620. The van der Waals surface area contributed by atoms with Crippen LogP contribution in [-0.2, 0) is 14.6 Å². The van der Waals surface area contributed by atoms with Crippen molar-refractivity contribution < 1.29 is 13.2 Å². The fraction of sp³-hybridized carbons (Fsp3) is 0.923. The molecule has 112 valence electrons. The highest BCUT2D eigenvalue weighted by Crippen LogP contribution is 2.34. The van der Waals surface area contributed by atoms with E-state index >= 15 is 0 Å². The maximum Gasteiger partial charge on any atom is 0.240 e. The Morgan fingerprint density at radius 2 is 1.79 bits per heavy atom. The summed E-state index contributed by atoms with van der Waals surface area (Å²) in [7, 11) is -3.42. The van der Waals surface area contributed by atoms with Crippen LogP contribution in [0.15, 0.2) is 0 Å². The molecule has 0 spiro atoms. The summed E-state index contributed by atoms with van der Waals surface area (Å²) in [6, 6.07) is 0. The van der Waals surface area contributed by atoms with Crippen molar-refractivity contribution >= 4 is 15.7 Å². The highest BCUT2D eigenvalue weighted by Gasteiger charge is 2.40. The molecule has 0 atom stereocenters. The lowest BCUT2D eigenvalue weighted by molar-refractivity contribution is -0.123. The van der Waals surface area contributed by atoms with Gasteiger partial charge in [-0.15, -0.1) is 0 Å². The SMILES string of the molecule is CC(C)(C(=O)NCC1(CN)CCCCC1)S(C)(=O)=O. The van der Waals surface area contributed by atoms with Crippen LogP contribution in [0.4, 0.5) is 0 Å². The monoisotopic (exact) mass is 290 g/mol. The molecule has 0 unspecified atom stereocenters. The van der Waals surface area contributed by atoms with Gasteiger partial charge in [-0.3, -0.25) is 4.79 Å². The summed E-state index contributed by atoms with van der Waals surface area (Å²) in [6.07, 6.45) is 6.56. The first-order valence-electron chi connectivity index (χ1n) is 6.83. The minimum absolute atomic E-state index is 0.0541. The molecule has 1 saturated carbocycles. The highest BCUT2D eigenvalue weighted by molar-refractivity contribution is 7.92. The standard InChI is InChI=1S/C13H26N2O3S/c1-12(2,19(3,17)18)11(16)15-10-13(9-14)7-5-4-6-8-13/h4-10,14H2,1-3H3,(H,15,16). The Morgan fingerprint density at radius 3 is 2.21 bits per heavy atom. The van der Waals surface area contributed by atoms with Crippen molar-refractivity contribution in [1.29, 1.82) is 0 Å². The molecule has 0 bridgehead atoms. The van der Waals surface area contributed by atoms with E-state index in [2.05, 4.69) is 5.32 Å². The summed E-state index contributed by atoms with van der Waals surface area (Å²) in [4.78, 5) is 12.1. The minimum Gasteiger partial charge on any atom is -0.354 e. The lowest BCUT2D eigenvalue weighted by Gasteiger charge is -2.37. The van der Waals surface area contributed by atoms with Gasteiger partial charge in [0.25, 0.3) is 0 Å². The third-order valence-corrected chi connectivity index (χ3v) is 6.48. The number of rotatable bonds is 5. The molecule has 1 aliphatic rings. The van der Waals surface area contributed by atoms with Crippen LogP contribution in [-0.4, -0.2) is 38.4 Å². The molecule has 1 aliphatic carbocycles. The number of sulfone groups is 1. The first-order chi connectivity index (χ1) is 8.65. The smallest absolute Gasteiger partial charge is 0.240 e. The molecule has 0 aliphatic heterocycles. The van der Waals surface area contributed by atoms with Gasteiger partial charge in [-0.05, 0) is 38.6 Å². The van der Waals surface area contributed by atoms with E-state index in [1.54, 1.807) is 0 Å². The first-order valence-corrected chi connectivity index (χ1v) is 8.72. The molecule has 1 fully saturated rings. The molecule has 0 aromatic rings. The third-order valence-electron chi connectivity index (χ3n) is 4.44. The van der Waals surface area contributed by atoms with Gasteiger partial charge in [0, 0.05) is 12.8 Å². The molecule has 0 aromatic carbocycles. The van der Waals surface area contributed by atoms with Gasteiger partial charge in [0.2, 0.25) is 5.91 Å². The molecule has 0 heterocycles. The zero-order valence-corrected chi connectivity index (χ0v) is 13.0. The summed E-state index contributed by atoms with van der Waals surface area (Å²) in [5.41, 5.74) is 5.80. The van der Waals surface area contributed by atoms with E-state index in [1.807, 2.05) is 0 Å². The van der Waals surface area contributed by atoms with Crippen molar-refractivity contribution in [2.45, 2.75) is 50.7 Å². The number of hydrogen-bond donors (Lipinski definition) is 2. The van der Waals surface area contributed by atoms with E-state index in [0.717, 1.165) is 31.9 Å². The molecule has 0 aromatic heterocycles. The Bertz CT molecular complexity index is 423. The maximum atomic E-state index is 12.1. The molecule has 3 N–H and O–H groups in total. The van der Waals surface area contributed by atoms with Crippen LogP contribution in [0.3, 0.4) is 0 Å². The van der Waals surface area contributed by atoms with Crippen molar-refractivity contribution in [3.8, 4) is 0 Å². The third kappa shape index (κ3) is 3.69. The van der Waals surface area contributed by atoms with Crippen LogP contribution in [0.2, 0.25) is 0 Å². The predicted octanol–water partition coefficient (Wildman–Crippen LogP) is 0.835. The number of nitrogens with one attached hydrogen (secondary N) is 1. The second-order valence-electron chi connectivity index (χ2n) is 6.23. The Morgan fingerprint density at radius 1 is 1.26 bits per heavy atom. The molecule has 5 nitrogen and oxygen atoms in total. The summed E-state index contributed by atoms with van der Waals surface area (Å²) in [5, 5.41) is 2.79. The zero-order valence-electron chi connectivity index (χ0n) is 12.2. The molecular weight excluding hydrogens is 264 g/mol. The van der Waals surface area contributed by atoms with Gasteiger partial charge < -0.3 is 11.1 Å². The van der Waals surface area contributed by atoms with E-state index < -0.39 is 20.5 Å². The van der Waals surface area contributed by atoms with Crippen LogP contribution >= 0.6 is 0 Å². The van der Waals surface area contributed by atoms with Crippen LogP contribution in [0.25, 0.3) is 0 Å². The molecular formula is C13H26N2O3S. The second kappa shape index (κ2) is 5.79. The van der Waals surface area contributed by atoms with E-state index in [0.29, 0.717) is 13.1 Å². The number of nitrogens with two attached hydrogens (primary N) is 1. The average molecular weight is 290 g/mol. The predicted molar refractivity (Wildman–Crippen MR) is 76.5 cm³/mol. The molecule has 19 heavy (non-hydrogen) atoms. The van der Waals surface area contributed by atoms with E-state index in [4.69, 9.17) is 5.73 Å². The number of carbonyl (C=O) groups is 1. The minimum atomic E-state index is -3.42. The van der Waals surface area contributed by atoms with Crippen LogP contribution in [0.1, 0.15) is 46.0 Å². The van der Waals surface area contributed by atoms with Crippen LogP contribution in [0, 0.1) is 5.41 Å². The van der Waals surface area contributed by atoms with Gasteiger partial charge in [-0.25, -0.2) is 8.42 Å². The quantitative estimate of drug-likeness (QED) is 0.785. The van der Waals surface area contributed by atoms with Gasteiger partial charge in [-0.1, -0.05) is 19.3 Å². The lowest BCUT2D eigenvalue weighted by atomic mass is 9.74. The second-order valence-corrected chi connectivity index (χ2v) is 8.79. The van der Waals surface area contributed by atoms with Crippen LogP contribution < -0.4 is 11.1 Å². The average Bonchev–Trinajstić information content (AvgIpc) is 2.35. The summed E-state index contributed by atoms with van der Waals surface area (Å²) < 4.78 is 21.8. The topological polar surface area (TPSA) is 89.3 Å². The van der Waals surface area contributed by atoms with E-state index in [9.17, 15) is 13.2 Å². The van der Waals surface area contributed by atoms with Crippen molar-refractivity contribution in [1.82, 2.24) is 5.32 Å². The van der Waals surface area contributed by atoms with Crippen LogP contribution in [0.5, 0.6) is 0 Å². The van der Waals surface area contributed by atoms with Gasteiger partial charge in [0.1, 0.15) is 4.75 Å². The Labute approximate surface area is 116 Å². The summed E-state index contributed by atoms with van der Waals surface area (Å²) >= 11 is 0. The Balaban J connectivity index is 2.68. The lowest BCUT2D eigenvalue weighted by Crippen LogP contribution is -2.52. The first kappa shape index (κ1) is 16.4. The largest absolute Gasteiger partial charge is 0.354 e. The zero-order chi connectivity index (χ0) is 14.7. The number of amides is 1. The molecule has 0 radical (unpaired) electrons. The van der Waals surface area contributed by atoms with Crippen molar-refractivity contribution in [3.63, 3.8) is 0 Å². The van der Waals surface area contributed by atoms with Crippen molar-refractivity contribution in [2.24, 2.45) is 11.1 Å². The number of hydrogen-bond acceptors (Lipinski definition) is 4. The molecule has 1 rings (SSSR count). The van der Waals surface area contributed by atoms with E-state index in [-0.39, 0.29) is 5.41 Å². The molecule has 6 heteroatoms. The van der Waals surface area contributed by atoms with Crippen molar-refractivity contribution in [2.75, 3.05) is 19.3 Å². The van der Waals surface area contributed by atoms with Gasteiger partial charge >= 0.3 is 0 Å². The van der Waals surface area contributed by atoms with Crippen molar-refractivity contribution in [3.05, 3.63) is 0 Å².